The summed E-state index contributed by atoms with van der Waals surface area (Å²) < 4.78 is 16.0. The molecule has 43 heavy (non-hydrogen) atoms. The molecule has 6 rings (SSSR count). The fourth-order valence-corrected chi connectivity index (χ4v) is 8.75. The average Bonchev–Trinajstić information content (AvgIpc) is 3.56. The minimum Gasteiger partial charge on any atom is -0.458 e. The van der Waals surface area contributed by atoms with Gasteiger partial charge in [0, 0.05) is 35.3 Å². The van der Waals surface area contributed by atoms with Crippen molar-refractivity contribution in [3.63, 3.8) is 0 Å². The number of Topliss-reactive ketones (excluding diaryl/α,β-unsaturated/α-hetero) is 1. The lowest BCUT2D eigenvalue weighted by molar-refractivity contribution is -0.181. The van der Waals surface area contributed by atoms with Crippen LogP contribution in [0.15, 0.2) is 42.0 Å². The third-order valence-corrected chi connectivity index (χ3v) is 11.0. The molecule has 3 N–H and O–H groups in total. The predicted octanol–water partition coefficient (Wildman–Crippen LogP) is 2.93. The van der Waals surface area contributed by atoms with Gasteiger partial charge in [-0.1, -0.05) is 37.6 Å². The second kappa shape index (κ2) is 10.9. The Kier molecular flexibility index (Phi) is 7.49. The highest BCUT2D eigenvalue weighted by Crippen LogP contribution is 2.67. The Bertz CT molecular complexity index is 1420. The van der Waals surface area contributed by atoms with Crippen LogP contribution in [0.25, 0.3) is 0 Å². The average molecular weight is 594 g/mol. The van der Waals surface area contributed by atoms with Crippen molar-refractivity contribution in [2.75, 3.05) is 13.4 Å². The van der Waals surface area contributed by atoms with Crippen LogP contribution < -0.4 is 14.8 Å². The summed E-state index contributed by atoms with van der Waals surface area (Å²) in [7, 11) is 0. The second-order valence-electron chi connectivity index (χ2n) is 13.1. The van der Waals surface area contributed by atoms with Crippen LogP contribution in [0.2, 0.25) is 0 Å². The maximum absolute atomic E-state index is 13.4. The maximum atomic E-state index is 13.4. The molecule has 3 saturated carbocycles. The molecule has 10 nitrogen and oxygen atoms in total. The molecule has 0 spiro atoms. The fraction of sp³-hybridized carbons (Fsp3) is 0.576. The van der Waals surface area contributed by atoms with Gasteiger partial charge in [-0.15, -0.1) is 0 Å². The van der Waals surface area contributed by atoms with Crippen LogP contribution in [0.5, 0.6) is 11.5 Å². The number of ketones is 2. The normalized spacial score (nSPS) is 35.3. The molecule has 1 aromatic carbocycles. The number of rotatable bonds is 8. The number of hydrogen-bond donors (Lipinski definition) is 3. The third-order valence-electron chi connectivity index (χ3n) is 11.0. The largest absolute Gasteiger partial charge is 0.458 e. The van der Waals surface area contributed by atoms with Gasteiger partial charge in [0.05, 0.1) is 12.5 Å². The van der Waals surface area contributed by atoms with Crippen LogP contribution in [-0.2, 0) is 30.5 Å². The van der Waals surface area contributed by atoms with Crippen LogP contribution in [0.1, 0.15) is 64.4 Å². The Morgan fingerprint density at radius 3 is 2.77 bits per heavy atom. The smallest absolute Gasteiger partial charge is 0.306 e. The number of allylic oxidation sites excluding steroid dienone is 4. The van der Waals surface area contributed by atoms with Gasteiger partial charge in [0.25, 0.3) is 0 Å². The predicted molar refractivity (Wildman–Crippen MR) is 153 cm³/mol. The first-order valence-electron chi connectivity index (χ1n) is 15.1. The summed E-state index contributed by atoms with van der Waals surface area (Å²) >= 11 is 0. The molecule has 7 atom stereocenters. The zero-order valence-corrected chi connectivity index (χ0v) is 24.6. The van der Waals surface area contributed by atoms with Crippen molar-refractivity contribution in [1.29, 1.82) is 0 Å². The number of aliphatic hydroxyl groups is 2. The van der Waals surface area contributed by atoms with Crippen molar-refractivity contribution in [2.24, 2.45) is 28.6 Å². The number of para-hydroxylation sites is 1. The summed E-state index contributed by atoms with van der Waals surface area (Å²) in [5.74, 6) is -0.495. The summed E-state index contributed by atoms with van der Waals surface area (Å²) in [6.45, 7) is 3.70. The van der Waals surface area contributed by atoms with Gasteiger partial charge in [-0.2, -0.15) is 0 Å². The first-order valence-corrected chi connectivity index (χ1v) is 15.1. The van der Waals surface area contributed by atoms with Gasteiger partial charge in [-0.05, 0) is 62.2 Å². The van der Waals surface area contributed by atoms with Gasteiger partial charge in [-0.25, -0.2) is 0 Å². The number of fused-ring (bicyclic) bond motifs is 6. The molecule has 4 aliphatic carbocycles. The second-order valence-corrected chi connectivity index (χ2v) is 13.1. The first kappa shape index (κ1) is 29.6. The highest BCUT2D eigenvalue weighted by molar-refractivity contribution is 6.01. The van der Waals surface area contributed by atoms with E-state index in [0.717, 1.165) is 24.0 Å². The Balaban J connectivity index is 1.03. The molecule has 0 unspecified atom stereocenters. The summed E-state index contributed by atoms with van der Waals surface area (Å²) in [5, 5.41) is 26.1. The van der Waals surface area contributed by atoms with E-state index in [2.05, 4.69) is 12.2 Å². The number of benzene rings is 1. The van der Waals surface area contributed by atoms with E-state index < -0.39 is 40.9 Å². The van der Waals surface area contributed by atoms with Crippen LogP contribution in [0.4, 0.5) is 0 Å². The number of amides is 1. The fourth-order valence-electron chi connectivity index (χ4n) is 8.75. The molecule has 1 aliphatic heterocycles. The Hall–Kier alpha value is -3.50. The van der Waals surface area contributed by atoms with Crippen molar-refractivity contribution in [3.8, 4) is 11.5 Å². The van der Waals surface area contributed by atoms with Gasteiger partial charge in [0.15, 0.2) is 23.9 Å². The lowest BCUT2D eigenvalue weighted by Crippen LogP contribution is -2.61. The van der Waals surface area contributed by atoms with Gasteiger partial charge in [0.1, 0.15) is 5.60 Å². The standard InChI is InChI=1S/C33H39NO9/c1-31-12-10-21(35)14-20(31)6-7-22-23-11-13-33(40,32(23,2)15-24(36)29(22)31)26(37)17-41-28(39)9-8-27(38)34-16-19-4-3-5-25-30(19)43-18-42-25/h3-5,10,12,14,22-24,29,36,40H,6-9,11,13,15-18H2,1-2H3,(H,34,38)/t22-,23-,24-,29-,31-,32-,33-/m0/s1. The number of carbonyl (C=O) groups excluding carboxylic acids is 4. The summed E-state index contributed by atoms with van der Waals surface area (Å²) in [5.41, 5.74) is -1.25. The molecule has 0 aromatic heterocycles. The Morgan fingerprint density at radius 2 is 1.95 bits per heavy atom. The molecule has 1 amide bonds. The highest BCUT2D eigenvalue weighted by atomic mass is 16.7. The minimum absolute atomic E-state index is 0.00135. The molecule has 1 aromatic rings. The van der Waals surface area contributed by atoms with E-state index in [1.807, 2.05) is 19.1 Å². The number of hydrogen-bond acceptors (Lipinski definition) is 9. The summed E-state index contributed by atoms with van der Waals surface area (Å²) in [6.07, 6.45) is 6.71. The first-order chi connectivity index (χ1) is 20.5. The van der Waals surface area contributed by atoms with Gasteiger partial charge >= 0.3 is 5.97 Å². The number of nitrogens with one attached hydrogen (secondary N) is 1. The van der Waals surface area contributed by atoms with E-state index in [-0.39, 0.29) is 68.5 Å². The monoisotopic (exact) mass is 593 g/mol. The molecule has 0 saturated heterocycles. The lowest BCUT2D eigenvalue weighted by atomic mass is 9.46. The van der Waals surface area contributed by atoms with Crippen LogP contribution in [0, 0.1) is 28.6 Å². The number of esters is 1. The third kappa shape index (κ3) is 4.88. The van der Waals surface area contributed by atoms with E-state index in [9.17, 15) is 29.4 Å². The maximum Gasteiger partial charge on any atom is 0.306 e. The zero-order chi connectivity index (χ0) is 30.6. The van der Waals surface area contributed by atoms with E-state index >= 15 is 0 Å². The van der Waals surface area contributed by atoms with Crippen molar-refractivity contribution >= 4 is 23.4 Å². The topological polar surface area (TPSA) is 148 Å². The van der Waals surface area contributed by atoms with E-state index in [4.69, 9.17) is 14.2 Å². The van der Waals surface area contributed by atoms with E-state index in [0.29, 0.717) is 17.9 Å². The van der Waals surface area contributed by atoms with Crippen LogP contribution in [0.3, 0.4) is 0 Å². The van der Waals surface area contributed by atoms with Gasteiger partial charge < -0.3 is 29.7 Å². The Labute approximate surface area is 250 Å². The molecular weight excluding hydrogens is 554 g/mol. The lowest BCUT2D eigenvalue weighted by Gasteiger charge is -2.59. The van der Waals surface area contributed by atoms with E-state index in [1.54, 1.807) is 24.3 Å². The minimum atomic E-state index is -1.74. The zero-order valence-electron chi connectivity index (χ0n) is 24.6. The summed E-state index contributed by atoms with van der Waals surface area (Å²) in [6, 6.07) is 5.40. The molecule has 230 valence electrons. The van der Waals surface area contributed by atoms with Crippen molar-refractivity contribution < 1.29 is 43.6 Å². The van der Waals surface area contributed by atoms with Gasteiger partial charge in [0.2, 0.25) is 18.5 Å². The van der Waals surface area contributed by atoms with E-state index in [1.165, 1.54) is 0 Å². The molecular formula is C33H39NO9. The van der Waals surface area contributed by atoms with Crippen molar-refractivity contribution in [1.82, 2.24) is 5.32 Å². The number of ether oxygens (including phenoxy) is 3. The number of carbonyl (C=O) groups is 4. The van der Waals surface area contributed by atoms with Crippen molar-refractivity contribution in [3.05, 3.63) is 47.6 Å². The molecule has 0 bridgehead atoms. The summed E-state index contributed by atoms with van der Waals surface area (Å²) in [4.78, 5) is 50.3. The molecule has 10 heteroatoms. The quantitative estimate of drug-likeness (QED) is 0.387. The van der Waals surface area contributed by atoms with Crippen LogP contribution in [-0.4, -0.2) is 58.8 Å². The van der Waals surface area contributed by atoms with Gasteiger partial charge in [-0.3, -0.25) is 19.2 Å². The van der Waals surface area contributed by atoms with Crippen LogP contribution >= 0.6 is 0 Å². The molecule has 5 aliphatic rings. The molecule has 1 heterocycles. The molecule has 3 fully saturated rings. The van der Waals surface area contributed by atoms with Crippen molar-refractivity contribution in [2.45, 2.75) is 77.0 Å². The highest BCUT2D eigenvalue weighted by Gasteiger charge is 2.68. The number of aliphatic hydroxyl groups excluding tert-OH is 1. The SMILES string of the molecule is C[C@]12C=CC(=O)C=C1CC[C@@H]1[C@H]2[C@@H](O)C[C@@]2(C)[C@H]1CC[C@]2(O)C(=O)COC(=O)CCC(=O)NCc1cccc2c1OCO2. The Morgan fingerprint density at radius 1 is 1.14 bits per heavy atom. The molecule has 0 radical (unpaired) electrons.